The molecule has 0 aliphatic heterocycles. The third-order valence-electron chi connectivity index (χ3n) is 2.86. The Bertz CT molecular complexity index is 146. The maximum absolute atomic E-state index is 6.14. The topological polar surface area (TPSA) is 38.0 Å². The molecule has 1 atom stereocenters. The SMILES string of the molecule is C[C@](N)(CNC1CC1)C1CC1. The Hall–Kier alpha value is -0.0800. The molecular weight excluding hydrogens is 136 g/mol. The van der Waals surface area contributed by atoms with Crippen LogP contribution in [0.2, 0.25) is 0 Å². The molecule has 11 heavy (non-hydrogen) atoms. The quantitative estimate of drug-likeness (QED) is 0.630. The summed E-state index contributed by atoms with van der Waals surface area (Å²) in [7, 11) is 0. The third kappa shape index (κ3) is 1.94. The predicted octanol–water partition coefficient (Wildman–Crippen LogP) is 0.866. The van der Waals surface area contributed by atoms with Gasteiger partial charge < -0.3 is 11.1 Å². The molecule has 64 valence electrons. The molecule has 0 saturated heterocycles. The summed E-state index contributed by atoms with van der Waals surface area (Å²) in [6.07, 6.45) is 5.42. The molecule has 0 heterocycles. The van der Waals surface area contributed by atoms with E-state index in [-0.39, 0.29) is 5.54 Å². The first-order valence-corrected chi connectivity index (χ1v) is 4.71. The summed E-state index contributed by atoms with van der Waals surface area (Å²) < 4.78 is 0. The number of nitrogens with one attached hydrogen (secondary N) is 1. The molecule has 0 radical (unpaired) electrons. The van der Waals surface area contributed by atoms with Crippen LogP contribution in [0.15, 0.2) is 0 Å². The fourth-order valence-electron chi connectivity index (χ4n) is 1.54. The van der Waals surface area contributed by atoms with Crippen LogP contribution < -0.4 is 11.1 Å². The molecule has 3 N–H and O–H groups in total. The summed E-state index contributed by atoms with van der Waals surface area (Å²) in [5, 5.41) is 3.49. The first-order valence-electron chi connectivity index (χ1n) is 4.71. The van der Waals surface area contributed by atoms with Crippen molar-refractivity contribution in [2.45, 2.75) is 44.2 Å². The second-order valence-electron chi connectivity index (χ2n) is 4.44. The molecule has 0 aromatic carbocycles. The van der Waals surface area contributed by atoms with Crippen LogP contribution in [0.1, 0.15) is 32.6 Å². The molecule has 0 amide bonds. The highest BCUT2D eigenvalue weighted by atomic mass is 15.0. The number of hydrogen-bond donors (Lipinski definition) is 2. The van der Waals surface area contributed by atoms with Crippen molar-refractivity contribution in [2.24, 2.45) is 11.7 Å². The standard InChI is InChI=1S/C9H18N2/c1-9(10,7-2-3-7)6-11-8-4-5-8/h7-8,11H,2-6,10H2,1H3/t9-/m0/s1. The average Bonchev–Trinajstić information content (AvgIpc) is 2.79. The van der Waals surface area contributed by atoms with E-state index >= 15 is 0 Å². The van der Waals surface area contributed by atoms with Crippen molar-refractivity contribution < 1.29 is 0 Å². The van der Waals surface area contributed by atoms with E-state index < -0.39 is 0 Å². The van der Waals surface area contributed by atoms with Gasteiger partial charge in [0.2, 0.25) is 0 Å². The highest BCUT2D eigenvalue weighted by molar-refractivity contribution is 4.98. The molecule has 0 aromatic heterocycles. The molecule has 2 saturated carbocycles. The van der Waals surface area contributed by atoms with Crippen molar-refractivity contribution in [1.82, 2.24) is 5.32 Å². The summed E-state index contributed by atoms with van der Waals surface area (Å²) >= 11 is 0. The summed E-state index contributed by atoms with van der Waals surface area (Å²) in [6.45, 7) is 3.20. The zero-order valence-corrected chi connectivity index (χ0v) is 7.27. The van der Waals surface area contributed by atoms with E-state index in [9.17, 15) is 0 Å². The Morgan fingerprint density at radius 1 is 1.36 bits per heavy atom. The van der Waals surface area contributed by atoms with Crippen LogP contribution in [-0.4, -0.2) is 18.1 Å². The Morgan fingerprint density at radius 3 is 2.45 bits per heavy atom. The van der Waals surface area contributed by atoms with E-state index in [0.29, 0.717) is 0 Å². The lowest BCUT2D eigenvalue weighted by Gasteiger charge is -2.24. The fourth-order valence-corrected chi connectivity index (χ4v) is 1.54. The van der Waals surface area contributed by atoms with Gasteiger partial charge in [0, 0.05) is 18.1 Å². The van der Waals surface area contributed by atoms with Crippen LogP contribution in [0.5, 0.6) is 0 Å². The molecule has 0 unspecified atom stereocenters. The van der Waals surface area contributed by atoms with Gasteiger partial charge in [-0.05, 0) is 38.5 Å². The Balaban J connectivity index is 1.72. The van der Waals surface area contributed by atoms with Crippen LogP contribution in [-0.2, 0) is 0 Å². The van der Waals surface area contributed by atoms with Crippen molar-refractivity contribution in [3.05, 3.63) is 0 Å². The van der Waals surface area contributed by atoms with E-state index in [1.807, 2.05) is 0 Å². The van der Waals surface area contributed by atoms with Gasteiger partial charge in [-0.25, -0.2) is 0 Å². The molecule has 2 nitrogen and oxygen atoms in total. The second kappa shape index (κ2) is 2.46. The van der Waals surface area contributed by atoms with E-state index in [4.69, 9.17) is 5.73 Å². The number of rotatable bonds is 4. The Kier molecular flexibility index (Phi) is 1.69. The zero-order chi connectivity index (χ0) is 7.90. The minimum atomic E-state index is 0.0720. The van der Waals surface area contributed by atoms with Gasteiger partial charge in [-0.3, -0.25) is 0 Å². The van der Waals surface area contributed by atoms with Crippen LogP contribution >= 0.6 is 0 Å². The highest BCUT2D eigenvalue weighted by Gasteiger charge is 2.38. The van der Waals surface area contributed by atoms with Gasteiger partial charge in [0.25, 0.3) is 0 Å². The van der Waals surface area contributed by atoms with E-state index in [0.717, 1.165) is 18.5 Å². The minimum absolute atomic E-state index is 0.0720. The lowest BCUT2D eigenvalue weighted by Crippen LogP contribution is -2.48. The monoisotopic (exact) mass is 154 g/mol. The van der Waals surface area contributed by atoms with E-state index in [2.05, 4.69) is 12.2 Å². The zero-order valence-electron chi connectivity index (χ0n) is 7.27. The Labute approximate surface area is 68.5 Å². The molecule has 0 bridgehead atoms. The fraction of sp³-hybridized carbons (Fsp3) is 1.00. The molecular formula is C9H18N2. The van der Waals surface area contributed by atoms with Gasteiger partial charge in [0.1, 0.15) is 0 Å². The largest absolute Gasteiger partial charge is 0.324 e. The van der Waals surface area contributed by atoms with Gasteiger partial charge >= 0.3 is 0 Å². The highest BCUT2D eigenvalue weighted by Crippen LogP contribution is 2.37. The lowest BCUT2D eigenvalue weighted by molar-refractivity contribution is 0.379. The van der Waals surface area contributed by atoms with Gasteiger partial charge in [-0.15, -0.1) is 0 Å². The van der Waals surface area contributed by atoms with Gasteiger partial charge in [0.05, 0.1) is 0 Å². The first-order chi connectivity index (χ1) is 5.18. The Morgan fingerprint density at radius 2 is 2.00 bits per heavy atom. The molecule has 2 heteroatoms. The van der Waals surface area contributed by atoms with Crippen molar-refractivity contribution >= 4 is 0 Å². The predicted molar refractivity (Wildman–Crippen MR) is 46.3 cm³/mol. The summed E-state index contributed by atoms with van der Waals surface area (Å²) in [5.41, 5.74) is 6.21. The maximum atomic E-state index is 6.14. The lowest BCUT2D eigenvalue weighted by atomic mass is 9.97. The first kappa shape index (κ1) is 7.56. The minimum Gasteiger partial charge on any atom is -0.324 e. The molecule has 2 aliphatic carbocycles. The normalized spacial score (nSPS) is 30.0. The smallest absolute Gasteiger partial charge is 0.0280 e. The molecule has 2 fully saturated rings. The van der Waals surface area contributed by atoms with Crippen LogP contribution in [0.25, 0.3) is 0 Å². The summed E-state index contributed by atoms with van der Waals surface area (Å²) in [6, 6.07) is 0.802. The number of nitrogens with two attached hydrogens (primary N) is 1. The summed E-state index contributed by atoms with van der Waals surface area (Å²) in [4.78, 5) is 0. The van der Waals surface area contributed by atoms with Crippen molar-refractivity contribution in [1.29, 1.82) is 0 Å². The molecule has 0 aromatic rings. The third-order valence-corrected chi connectivity index (χ3v) is 2.86. The van der Waals surface area contributed by atoms with Crippen molar-refractivity contribution in [2.75, 3.05) is 6.54 Å². The second-order valence-corrected chi connectivity index (χ2v) is 4.44. The molecule has 2 rings (SSSR count). The average molecular weight is 154 g/mol. The molecule has 2 aliphatic rings. The maximum Gasteiger partial charge on any atom is 0.0280 e. The van der Waals surface area contributed by atoms with Crippen LogP contribution in [0.4, 0.5) is 0 Å². The summed E-state index contributed by atoms with van der Waals surface area (Å²) in [5.74, 6) is 0.800. The molecule has 0 spiro atoms. The van der Waals surface area contributed by atoms with Gasteiger partial charge in [-0.2, -0.15) is 0 Å². The van der Waals surface area contributed by atoms with Crippen LogP contribution in [0, 0.1) is 5.92 Å². The van der Waals surface area contributed by atoms with Gasteiger partial charge in [0.15, 0.2) is 0 Å². The van der Waals surface area contributed by atoms with Crippen molar-refractivity contribution in [3.8, 4) is 0 Å². The van der Waals surface area contributed by atoms with E-state index in [1.54, 1.807) is 0 Å². The number of hydrogen-bond acceptors (Lipinski definition) is 2. The van der Waals surface area contributed by atoms with E-state index in [1.165, 1.54) is 25.7 Å². The van der Waals surface area contributed by atoms with Gasteiger partial charge in [-0.1, -0.05) is 0 Å². The van der Waals surface area contributed by atoms with Crippen LogP contribution in [0.3, 0.4) is 0 Å². The van der Waals surface area contributed by atoms with Crippen molar-refractivity contribution in [3.63, 3.8) is 0 Å².